The van der Waals surface area contributed by atoms with Crippen molar-refractivity contribution in [3.05, 3.63) is 0 Å². The molecule has 3 atom stereocenters. The number of hydrogen-bond donors (Lipinski definition) is 1. The van der Waals surface area contributed by atoms with Crippen molar-refractivity contribution < 1.29 is 0 Å². The van der Waals surface area contributed by atoms with E-state index in [1.165, 1.54) is 19.3 Å². The molecule has 0 bridgehead atoms. The Hall–Kier alpha value is 0.830. The molecule has 2 heteroatoms. The Bertz CT molecular complexity index is 95.4. The summed E-state index contributed by atoms with van der Waals surface area (Å²) in [6, 6.07) is 0. The van der Waals surface area contributed by atoms with E-state index in [-0.39, 0.29) is 0 Å². The lowest BCUT2D eigenvalue weighted by atomic mass is 10.0. The largest absolute Gasteiger partial charge is 0.176 e. The van der Waals surface area contributed by atoms with Gasteiger partial charge < -0.3 is 0 Å². The highest BCUT2D eigenvalue weighted by Crippen LogP contribution is 2.36. The highest BCUT2D eigenvalue weighted by molar-refractivity contribution is 9.09. The molecule has 0 aromatic rings. The van der Waals surface area contributed by atoms with Crippen molar-refractivity contribution in [3.8, 4) is 0 Å². The predicted octanol–water partition coefficient (Wildman–Crippen LogP) is 3.12. The third-order valence-corrected chi connectivity index (χ3v) is 3.63. The molecule has 0 radical (unpaired) electrons. The highest BCUT2D eigenvalue weighted by atomic mass is 79.9. The van der Waals surface area contributed by atoms with E-state index in [1.807, 2.05) is 0 Å². The first-order chi connectivity index (χ1) is 4.74. The molecule has 1 fully saturated rings. The third kappa shape index (κ3) is 2.16. The van der Waals surface area contributed by atoms with Gasteiger partial charge in [0.05, 0.1) is 0 Å². The molecule has 0 amide bonds. The SMILES string of the molecule is CC1CC(CCBr)CC1S. The molecule has 0 N–H and O–H groups in total. The van der Waals surface area contributed by atoms with Crippen molar-refractivity contribution in [2.75, 3.05) is 5.33 Å². The third-order valence-electron chi connectivity index (χ3n) is 2.45. The van der Waals surface area contributed by atoms with Gasteiger partial charge in [-0.3, -0.25) is 0 Å². The van der Waals surface area contributed by atoms with Crippen LogP contribution in [0.4, 0.5) is 0 Å². The zero-order chi connectivity index (χ0) is 7.56. The molecule has 60 valence electrons. The van der Waals surface area contributed by atoms with Gasteiger partial charge in [-0.2, -0.15) is 12.6 Å². The Balaban J connectivity index is 2.27. The van der Waals surface area contributed by atoms with Crippen molar-refractivity contribution in [1.82, 2.24) is 0 Å². The maximum Gasteiger partial charge on any atom is 0.00451 e. The first-order valence-electron chi connectivity index (χ1n) is 3.98. The quantitative estimate of drug-likeness (QED) is 0.539. The Labute approximate surface area is 77.3 Å². The van der Waals surface area contributed by atoms with Crippen LogP contribution in [-0.4, -0.2) is 10.6 Å². The van der Waals surface area contributed by atoms with E-state index in [0.717, 1.165) is 17.2 Å². The van der Waals surface area contributed by atoms with Gasteiger partial charge in [-0.15, -0.1) is 0 Å². The van der Waals surface area contributed by atoms with E-state index in [2.05, 4.69) is 35.5 Å². The lowest BCUT2D eigenvalue weighted by Crippen LogP contribution is -2.00. The maximum absolute atomic E-state index is 4.52. The smallest absolute Gasteiger partial charge is 0.00451 e. The number of hydrogen-bond acceptors (Lipinski definition) is 1. The number of halogens is 1. The first-order valence-corrected chi connectivity index (χ1v) is 5.62. The van der Waals surface area contributed by atoms with Crippen molar-refractivity contribution in [2.45, 2.75) is 31.4 Å². The molecule has 0 aromatic carbocycles. The number of thiol groups is 1. The van der Waals surface area contributed by atoms with E-state index in [1.54, 1.807) is 0 Å². The van der Waals surface area contributed by atoms with Gasteiger partial charge in [-0.25, -0.2) is 0 Å². The van der Waals surface area contributed by atoms with Crippen LogP contribution in [0.2, 0.25) is 0 Å². The molecule has 0 heterocycles. The molecule has 1 aliphatic carbocycles. The fraction of sp³-hybridized carbons (Fsp3) is 1.00. The molecule has 0 aliphatic heterocycles. The van der Waals surface area contributed by atoms with E-state index in [9.17, 15) is 0 Å². The average Bonchev–Trinajstić information content (AvgIpc) is 2.14. The monoisotopic (exact) mass is 222 g/mol. The number of alkyl halides is 1. The molecule has 0 aromatic heterocycles. The fourth-order valence-corrected chi connectivity index (χ4v) is 2.81. The summed E-state index contributed by atoms with van der Waals surface area (Å²) in [5, 5.41) is 1.83. The predicted molar refractivity (Wildman–Crippen MR) is 53.1 cm³/mol. The Kier molecular flexibility index (Phi) is 3.58. The minimum absolute atomic E-state index is 0.670. The van der Waals surface area contributed by atoms with Gasteiger partial charge in [-0.05, 0) is 31.1 Å². The number of rotatable bonds is 2. The summed E-state index contributed by atoms with van der Waals surface area (Å²) >= 11 is 8.00. The minimum atomic E-state index is 0.670. The fourth-order valence-electron chi connectivity index (χ4n) is 1.74. The summed E-state index contributed by atoms with van der Waals surface area (Å²) in [5.74, 6) is 1.78. The normalized spacial score (nSPS) is 40.5. The van der Waals surface area contributed by atoms with Crippen LogP contribution in [0.3, 0.4) is 0 Å². The molecule has 10 heavy (non-hydrogen) atoms. The van der Waals surface area contributed by atoms with Crippen molar-refractivity contribution in [3.63, 3.8) is 0 Å². The van der Waals surface area contributed by atoms with Crippen LogP contribution in [0.1, 0.15) is 26.2 Å². The topological polar surface area (TPSA) is 0 Å². The zero-order valence-electron chi connectivity index (χ0n) is 6.39. The van der Waals surface area contributed by atoms with Crippen LogP contribution in [-0.2, 0) is 0 Å². The van der Waals surface area contributed by atoms with Gasteiger partial charge >= 0.3 is 0 Å². The van der Waals surface area contributed by atoms with Gasteiger partial charge in [0.15, 0.2) is 0 Å². The Morgan fingerprint density at radius 3 is 2.60 bits per heavy atom. The van der Waals surface area contributed by atoms with E-state index < -0.39 is 0 Å². The molecular weight excluding hydrogens is 208 g/mol. The summed E-state index contributed by atoms with van der Waals surface area (Å²) in [6.07, 6.45) is 4.05. The summed E-state index contributed by atoms with van der Waals surface area (Å²) in [4.78, 5) is 0. The second kappa shape index (κ2) is 4.01. The lowest BCUT2D eigenvalue weighted by Gasteiger charge is -2.04. The molecule has 1 aliphatic rings. The van der Waals surface area contributed by atoms with Gasteiger partial charge in [-0.1, -0.05) is 22.9 Å². The molecule has 0 spiro atoms. The average molecular weight is 223 g/mol. The summed E-state index contributed by atoms with van der Waals surface area (Å²) in [5.41, 5.74) is 0. The second-order valence-electron chi connectivity index (χ2n) is 3.36. The molecule has 1 saturated carbocycles. The Morgan fingerprint density at radius 1 is 1.50 bits per heavy atom. The maximum atomic E-state index is 4.52. The van der Waals surface area contributed by atoms with Crippen LogP contribution in [0.15, 0.2) is 0 Å². The van der Waals surface area contributed by atoms with E-state index in [0.29, 0.717) is 5.25 Å². The van der Waals surface area contributed by atoms with Gasteiger partial charge in [0.2, 0.25) is 0 Å². The molecular formula is C8H15BrS. The molecule has 3 unspecified atom stereocenters. The van der Waals surface area contributed by atoms with Crippen LogP contribution in [0.25, 0.3) is 0 Å². The standard InChI is InChI=1S/C8H15BrS/c1-6-4-7(2-3-9)5-8(6)10/h6-8,10H,2-5H2,1H3. The Morgan fingerprint density at radius 2 is 2.20 bits per heavy atom. The summed E-state index contributed by atoms with van der Waals surface area (Å²) in [7, 11) is 0. The van der Waals surface area contributed by atoms with E-state index >= 15 is 0 Å². The van der Waals surface area contributed by atoms with Gasteiger partial charge in [0.1, 0.15) is 0 Å². The van der Waals surface area contributed by atoms with Gasteiger partial charge in [0, 0.05) is 10.6 Å². The molecule has 1 rings (SSSR count). The second-order valence-corrected chi connectivity index (χ2v) is 4.82. The minimum Gasteiger partial charge on any atom is -0.176 e. The van der Waals surface area contributed by atoms with Crippen LogP contribution in [0.5, 0.6) is 0 Å². The van der Waals surface area contributed by atoms with Gasteiger partial charge in [0.25, 0.3) is 0 Å². The zero-order valence-corrected chi connectivity index (χ0v) is 8.87. The molecule has 0 nitrogen and oxygen atoms in total. The lowest BCUT2D eigenvalue weighted by molar-refractivity contribution is 0.506. The van der Waals surface area contributed by atoms with E-state index in [4.69, 9.17) is 0 Å². The van der Waals surface area contributed by atoms with Crippen LogP contribution < -0.4 is 0 Å². The van der Waals surface area contributed by atoms with Crippen molar-refractivity contribution >= 4 is 28.6 Å². The highest BCUT2D eigenvalue weighted by Gasteiger charge is 2.27. The summed E-state index contributed by atoms with van der Waals surface area (Å²) in [6.45, 7) is 2.31. The van der Waals surface area contributed by atoms with Crippen LogP contribution >= 0.6 is 28.6 Å². The molecule has 0 saturated heterocycles. The summed E-state index contributed by atoms with van der Waals surface area (Å²) < 4.78 is 0. The first kappa shape index (κ1) is 8.92. The van der Waals surface area contributed by atoms with Crippen molar-refractivity contribution in [1.29, 1.82) is 0 Å². The van der Waals surface area contributed by atoms with Crippen LogP contribution in [0, 0.1) is 11.8 Å². The van der Waals surface area contributed by atoms with Crippen molar-refractivity contribution in [2.24, 2.45) is 11.8 Å².